The zero-order chi connectivity index (χ0) is 9.84. The lowest BCUT2D eigenvalue weighted by atomic mass is 10.1. The number of methoxy groups -OCH3 is 1. The molecular formula is C10H14N2O. The van der Waals surface area contributed by atoms with Crippen LogP contribution in [0.5, 0.6) is 5.75 Å². The van der Waals surface area contributed by atoms with Gasteiger partial charge in [0.1, 0.15) is 5.75 Å². The van der Waals surface area contributed by atoms with E-state index in [9.17, 15) is 0 Å². The molecule has 0 radical (unpaired) electrons. The van der Waals surface area contributed by atoms with E-state index in [0.29, 0.717) is 6.42 Å². The topological polar surface area (TPSA) is 59.1 Å². The predicted octanol–water partition coefficient (Wildman–Crippen LogP) is 1.48. The summed E-state index contributed by atoms with van der Waals surface area (Å²) in [6.45, 7) is 1.97. The molecule has 0 spiro atoms. The molecule has 0 bridgehead atoms. The van der Waals surface area contributed by atoms with Crippen LogP contribution < -0.4 is 10.5 Å². The zero-order valence-electron chi connectivity index (χ0n) is 7.92. The van der Waals surface area contributed by atoms with Crippen molar-refractivity contribution in [2.75, 3.05) is 7.11 Å². The summed E-state index contributed by atoms with van der Waals surface area (Å²) in [6, 6.07) is 5.84. The van der Waals surface area contributed by atoms with E-state index < -0.39 is 0 Å². The minimum Gasteiger partial charge on any atom is -0.496 e. The van der Waals surface area contributed by atoms with Crippen LogP contribution >= 0.6 is 0 Å². The Bertz CT molecular complexity index is 321. The van der Waals surface area contributed by atoms with Crippen molar-refractivity contribution in [3.8, 4) is 5.75 Å². The third kappa shape index (κ3) is 2.21. The number of rotatable bonds is 3. The summed E-state index contributed by atoms with van der Waals surface area (Å²) in [5.74, 6) is 0.988. The van der Waals surface area contributed by atoms with Crippen molar-refractivity contribution in [2.45, 2.75) is 13.3 Å². The number of hydrogen-bond acceptors (Lipinski definition) is 2. The molecule has 1 rings (SSSR count). The van der Waals surface area contributed by atoms with E-state index in [1.54, 1.807) is 7.11 Å². The third-order valence-electron chi connectivity index (χ3n) is 1.88. The molecule has 0 aliphatic rings. The molecule has 0 saturated carbocycles. The zero-order valence-corrected chi connectivity index (χ0v) is 7.92. The molecule has 0 unspecified atom stereocenters. The molecule has 0 fully saturated rings. The van der Waals surface area contributed by atoms with Gasteiger partial charge in [0.25, 0.3) is 0 Å². The molecule has 0 aliphatic carbocycles. The highest BCUT2D eigenvalue weighted by Crippen LogP contribution is 2.22. The molecule has 3 nitrogen and oxygen atoms in total. The van der Waals surface area contributed by atoms with Gasteiger partial charge in [0, 0.05) is 12.0 Å². The van der Waals surface area contributed by atoms with E-state index in [1.165, 1.54) is 0 Å². The molecule has 0 heterocycles. The van der Waals surface area contributed by atoms with E-state index in [4.69, 9.17) is 15.9 Å². The second-order valence-electron chi connectivity index (χ2n) is 2.97. The van der Waals surface area contributed by atoms with Gasteiger partial charge in [-0.15, -0.1) is 0 Å². The first-order valence-corrected chi connectivity index (χ1v) is 4.10. The molecule has 13 heavy (non-hydrogen) atoms. The molecule has 0 aliphatic heterocycles. The minimum atomic E-state index is 0.156. The molecule has 0 saturated heterocycles. The first-order chi connectivity index (χ1) is 6.15. The average molecular weight is 178 g/mol. The summed E-state index contributed by atoms with van der Waals surface area (Å²) < 4.78 is 5.22. The summed E-state index contributed by atoms with van der Waals surface area (Å²) >= 11 is 0. The number of ether oxygens (including phenoxy) is 1. The minimum absolute atomic E-state index is 0.156. The summed E-state index contributed by atoms with van der Waals surface area (Å²) in [6.07, 6.45) is 0.449. The number of hydrogen-bond donors (Lipinski definition) is 2. The van der Waals surface area contributed by atoms with E-state index in [2.05, 4.69) is 0 Å². The number of nitrogens with one attached hydrogen (secondary N) is 1. The van der Waals surface area contributed by atoms with Crippen molar-refractivity contribution in [1.29, 1.82) is 5.41 Å². The van der Waals surface area contributed by atoms with Gasteiger partial charge in [-0.1, -0.05) is 18.2 Å². The molecule has 1 aromatic carbocycles. The number of aryl methyl sites for hydroxylation is 1. The Labute approximate surface area is 78.0 Å². The van der Waals surface area contributed by atoms with Crippen molar-refractivity contribution in [2.24, 2.45) is 5.73 Å². The van der Waals surface area contributed by atoms with Crippen molar-refractivity contribution in [3.63, 3.8) is 0 Å². The smallest absolute Gasteiger partial charge is 0.125 e. The lowest BCUT2D eigenvalue weighted by Crippen LogP contribution is -2.13. The van der Waals surface area contributed by atoms with Crippen LogP contribution in [0.25, 0.3) is 0 Å². The van der Waals surface area contributed by atoms with Gasteiger partial charge in [-0.05, 0) is 12.5 Å². The standard InChI is InChI=1S/C10H14N2O/c1-7-4-3-5-8(6-9(11)12)10(7)13-2/h3-5H,6H2,1-2H3,(H3,11,12). The van der Waals surface area contributed by atoms with Crippen LogP contribution in [0.15, 0.2) is 18.2 Å². The number of amidine groups is 1. The predicted molar refractivity (Wildman–Crippen MR) is 53.3 cm³/mol. The largest absolute Gasteiger partial charge is 0.496 e. The van der Waals surface area contributed by atoms with Crippen molar-refractivity contribution in [1.82, 2.24) is 0 Å². The molecule has 0 atom stereocenters. The molecule has 3 heteroatoms. The molecule has 0 amide bonds. The van der Waals surface area contributed by atoms with E-state index in [0.717, 1.165) is 16.9 Å². The Morgan fingerprint density at radius 3 is 2.77 bits per heavy atom. The lowest BCUT2D eigenvalue weighted by molar-refractivity contribution is 0.408. The van der Waals surface area contributed by atoms with Gasteiger partial charge in [-0.25, -0.2) is 0 Å². The van der Waals surface area contributed by atoms with Crippen LogP contribution in [0.4, 0.5) is 0 Å². The number of nitrogens with two attached hydrogens (primary N) is 1. The van der Waals surface area contributed by atoms with Crippen molar-refractivity contribution < 1.29 is 4.74 Å². The summed E-state index contributed by atoms with van der Waals surface area (Å²) in [7, 11) is 1.63. The average Bonchev–Trinajstić information content (AvgIpc) is 2.03. The van der Waals surface area contributed by atoms with Crippen LogP contribution in [-0.4, -0.2) is 12.9 Å². The maximum atomic E-state index is 7.20. The third-order valence-corrected chi connectivity index (χ3v) is 1.88. The van der Waals surface area contributed by atoms with Gasteiger partial charge >= 0.3 is 0 Å². The van der Waals surface area contributed by atoms with Gasteiger partial charge in [-0.3, -0.25) is 5.41 Å². The normalized spacial score (nSPS) is 9.69. The first kappa shape index (κ1) is 9.58. The van der Waals surface area contributed by atoms with Gasteiger partial charge in [0.2, 0.25) is 0 Å². The highest BCUT2D eigenvalue weighted by Gasteiger charge is 2.05. The fraction of sp³-hybridized carbons (Fsp3) is 0.300. The summed E-state index contributed by atoms with van der Waals surface area (Å²) in [4.78, 5) is 0. The molecule has 70 valence electrons. The molecule has 3 N–H and O–H groups in total. The first-order valence-electron chi connectivity index (χ1n) is 4.10. The van der Waals surface area contributed by atoms with E-state index in [1.807, 2.05) is 25.1 Å². The molecule has 0 aromatic heterocycles. The Kier molecular flexibility index (Phi) is 2.90. The summed E-state index contributed by atoms with van der Waals surface area (Å²) in [5.41, 5.74) is 7.36. The van der Waals surface area contributed by atoms with Gasteiger partial charge in [-0.2, -0.15) is 0 Å². The van der Waals surface area contributed by atoms with Crippen LogP contribution in [0.2, 0.25) is 0 Å². The fourth-order valence-corrected chi connectivity index (χ4v) is 1.35. The Morgan fingerprint density at radius 2 is 2.23 bits per heavy atom. The Balaban J connectivity index is 3.05. The SMILES string of the molecule is COc1c(C)cccc1CC(=N)N. The maximum absolute atomic E-state index is 7.20. The number of para-hydroxylation sites is 1. The van der Waals surface area contributed by atoms with Crippen molar-refractivity contribution in [3.05, 3.63) is 29.3 Å². The highest BCUT2D eigenvalue weighted by atomic mass is 16.5. The van der Waals surface area contributed by atoms with Crippen LogP contribution in [0.1, 0.15) is 11.1 Å². The van der Waals surface area contributed by atoms with Crippen molar-refractivity contribution >= 4 is 5.84 Å². The van der Waals surface area contributed by atoms with Crippen LogP contribution in [0.3, 0.4) is 0 Å². The second-order valence-corrected chi connectivity index (χ2v) is 2.97. The Hall–Kier alpha value is -1.51. The molecule has 1 aromatic rings. The lowest BCUT2D eigenvalue weighted by Gasteiger charge is -2.09. The second kappa shape index (κ2) is 3.94. The molecular weight excluding hydrogens is 164 g/mol. The highest BCUT2D eigenvalue weighted by molar-refractivity contribution is 5.80. The van der Waals surface area contributed by atoms with Crippen LogP contribution in [-0.2, 0) is 6.42 Å². The summed E-state index contributed by atoms with van der Waals surface area (Å²) in [5, 5.41) is 7.20. The van der Waals surface area contributed by atoms with E-state index in [-0.39, 0.29) is 5.84 Å². The van der Waals surface area contributed by atoms with E-state index >= 15 is 0 Å². The fourth-order valence-electron chi connectivity index (χ4n) is 1.35. The maximum Gasteiger partial charge on any atom is 0.125 e. The Morgan fingerprint density at radius 1 is 1.54 bits per heavy atom. The van der Waals surface area contributed by atoms with Gasteiger partial charge in [0.05, 0.1) is 12.9 Å². The number of benzene rings is 1. The van der Waals surface area contributed by atoms with Gasteiger partial charge < -0.3 is 10.5 Å². The monoisotopic (exact) mass is 178 g/mol. The van der Waals surface area contributed by atoms with Gasteiger partial charge in [0.15, 0.2) is 0 Å². The van der Waals surface area contributed by atoms with Crippen LogP contribution in [0, 0.1) is 12.3 Å². The quantitative estimate of drug-likeness (QED) is 0.544.